The Labute approximate surface area is 86.1 Å². The zero-order chi connectivity index (χ0) is 10.8. The molecule has 0 fully saturated rings. The number of benzene rings is 1. The number of hydrogen-bond acceptors (Lipinski definition) is 3. The van der Waals surface area contributed by atoms with Gasteiger partial charge in [0.2, 0.25) is 6.33 Å². The van der Waals surface area contributed by atoms with E-state index >= 15 is 0 Å². The first kappa shape index (κ1) is 9.39. The Kier molecular flexibility index (Phi) is 2.21. The van der Waals surface area contributed by atoms with Crippen LogP contribution in [0, 0.1) is 17.0 Å². The summed E-state index contributed by atoms with van der Waals surface area (Å²) in [6, 6.07) is 6.98. The van der Waals surface area contributed by atoms with Gasteiger partial charge in [-0.25, -0.2) is 0 Å². The number of hydrogen-bond donors (Lipinski definition) is 0. The zero-order valence-electron chi connectivity index (χ0n) is 7.70. The van der Waals surface area contributed by atoms with Crippen molar-refractivity contribution in [3.63, 3.8) is 0 Å². The molecule has 5 heteroatoms. The van der Waals surface area contributed by atoms with E-state index in [9.17, 15) is 10.1 Å². The van der Waals surface area contributed by atoms with Gasteiger partial charge in [-0.15, -0.1) is 0 Å². The summed E-state index contributed by atoms with van der Waals surface area (Å²) in [5.74, 6) is -0.174. The first-order valence-electron chi connectivity index (χ1n) is 4.21. The molecule has 0 N–H and O–H groups in total. The molecule has 0 amide bonds. The van der Waals surface area contributed by atoms with Crippen LogP contribution in [0.25, 0.3) is 5.69 Å². The predicted molar refractivity (Wildman–Crippen MR) is 53.6 cm³/mol. The Hall–Kier alpha value is -2.17. The Morgan fingerprint density at radius 1 is 1.33 bits per heavy atom. The molecule has 2 radical (unpaired) electrons. The molecular weight excluding hydrogens is 194 g/mol. The van der Waals surface area contributed by atoms with Crippen molar-refractivity contribution in [2.24, 2.45) is 0 Å². The summed E-state index contributed by atoms with van der Waals surface area (Å²) in [6.07, 6.45) is 2.75. The van der Waals surface area contributed by atoms with Gasteiger partial charge in [0.05, 0.1) is 0 Å². The molecule has 0 saturated heterocycles. The number of rotatable bonds is 2. The molecular formula is C10H7N3O2. The summed E-state index contributed by atoms with van der Waals surface area (Å²) in [7, 11) is 0. The average molecular weight is 201 g/mol. The highest BCUT2D eigenvalue weighted by Crippen LogP contribution is 2.13. The van der Waals surface area contributed by atoms with Crippen molar-refractivity contribution in [2.75, 3.05) is 0 Å². The summed E-state index contributed by atoms with van der Waals surface area (Å²) in [5.41, 5.74) is 1.43. The first-order valence-corrected chi connectivity index (χ1v) is 4.21. The smallest absolute Gasteiger partial charge is 0.358 e. The molecule has 5 nitrogen and oxygen atoms in total. The van der Waals surface area contributed by atoms with Crippen LogP contribution < -0.4 is 0 Å². The molecule has 1 aromatic carbocycles. The molecule has 0 bridgehead atoms. The second kappa shape index (κ2) is 3.53. The van der Waals surface area contributed by atoms with Crippen LogP contribution in [0.15, 0.2) is 36.8 Å². The van der Waals surface area contributed by atoms with Crippen LogP contribution in [0.4, 0.5) is 5.82 Å². The molecule has 1 aromatic heterocycles. The van der Waals surface area contributed by atoms with Gasteiger partial charge in [0.15, 0.2) is 0 Å². The van der Waals surface area contributed by atoms with Crippen molar-refractivity contribution in [1.29, 1.82) is 0 Å². The van der Waals surface area contributed by atoms with Gasteiger partial charge in [0, 0.05) is 5.69 Å². The van der Waals surface area contributed by atoms with Crippen molar-refractivity contribution in [2.45, 2.75) is 0 Å². The molecule has 0 saturated carbocycles. The zero-order valence-corrected chi connectivity index (χ0v) is 7.70. The SMILES string of the molecule is [CH]c1ccc(-n2cnc([N+](=O)[O-])c2)cc1. The van der Waals surface area contributed by atoms with Gasteiger partial charge in [-0.3, -0.25) is 4.57 Å². The van der Waals surface area contributed by atoms with E-state index in [0.29, 0.717) is 5.56 Å². The Morgan fingerprint density at radius 2 is 2.00 bits per heavy atom. The molecule has 2 rings (SSSR count). The van der Waals surface area contributed by atoms with Gasteiger partial charge >= 0.3 is 5.82 Å². The van der Waals surface area contributed by atoms with Crippen molar-refractivity contribution in [3.8, 4) is 5.69 Å². The van der Waals surface area contributed by atoms with Crippen LogP contribution in [0.2, 0.25) is 0 Å². The van der Waals surface area contributed by atoms with Crippen molar-refractivity contribution >= 4 is 5.82 Å². The maximum absolute atomic E-state index is 10.4. The Morgan fingerprint density at radius 3 is 2.53 bits per heavy atom. The minimum Gasteiger partial charge on any atom is -0.358 e. The summed E-state index contributed by atoms with van der Waals surface area (Å²) in [5, 5.41) is 10.4. The van der Waals surface area contributed by atoms with E-state index in [2.05, 4.69) is 4.98 Å². The number of imidazole rings is 1. The Bertz CT molecular complexity index is 488. The van der Waals surface area contributed by atoms with Gasteiger partial charge in [-0.2, -0.15) is 0 Å². The maximum Gasteiger partial charge on any atom is 0.381 e. The number of nitrogens with zero attached hydrogens (tertiary/aromatic N) is 3. The van der Waals surface area contributed by atoms with Crippen molar-refractivity contribution in [3.05, 3.63) is 59.4 Å². The van der Waals surface area contributed by atoms with Gasteiger partial charge < -0.3 is 10.1 Å². The lowest BCUT2D eigenvalue weighted by atomic mass is 10.2. The fourth-order valence-electron chi connectivity index (χ4n) is 1.19. The first-order chi connectivity index (χ1) is 7.16. The number of nitro groups is 1. The highest BCUT2D eigenvalue weighted by Gasteiger charge is 2.10. The van der Waals surface area contributed by atoms with Gasteiger partial charge in [-0.1, -0.05) is 12.1 Å². The lowest BCUT2D eigenvalue weighted by molar-refractivity contribution is -0.389. The van der Waals surface area contributed by atoms with Crippen LogP contribution in [-0.2, 0) is 0 Å². The highest BCUT2D eigenvalue weighted by atomic mass is 16.6. The molecule has 74 valence electrons. The molecule has 0 aliphatic carbocycles. The third-order valence-corrected chi connectivity index (χ3v) is 1.95. The molecule has 0 atom stereocenters. The Balaban J connectivity index is 2.37. The molecule has 15 heavy (non-hydrogen) atoms. The molecule has 0 spiro atoms. The quantitative estimate of drug-likeness (QED) is 0.550. The minimum absolute atomic E-state index is 0.174. The molecule has 2 aromatic rings. The molecule has 1 heterocycles. The van der Waals surface area contributed by atoms with E-state index in [-0.39, 0.29) is 5.82 Å². The lowest BCUT2D eigenvalue weighted by Crippen LogP contribution is -1.90. The second-order valence-corrected chi connectivity index (χ2v) is 2.99. The number of aromatic nitrogens is 2. The summed E-state index contributed by atoms with van der Waals surface area (Å²) in [6.45, 7) is 5.53. The van der Waals surface area contributed by atoms with Gasteiger partial charge in [0.25, 0.3) is 0 Å². The minimum atomic E-state index is -0.534. The standard InChI is InChI=1S/C10H7N3O2/c1-8-2-4-9(5-3-8)12-6-10(11-7-12)13(14)15/h1-7H. The van der Waals surface area contributed by atoms with Crippen LogP contribution >= 0.6 is 0 Å². The van der Waals surface area contributed by atoms with E-state index in [4.69, 9.17) is 6.92 Å². The fourth-order valence-corrected chi connectivity index (χ4v) is 1.19. The molecule has 0 aliphatic rings. The third kappa shape index (κ3) is 1.85. The average Bonchev–Trinajstić information content (AvgIpc) is 2.68. The van der Waals surface area contributed by atoms with E-state index in [0.717, 1.165) is 5.69 Å². The summed E-state index contributed by atoms with van der Waals surface area (Å²) >= 11 is 0. The van der Waals surface area contributed by atoms with Crippen LogP contribution in [0.5, 0.6) is 0 Å². The summed E-state index contributed by atoms with van der Waals surface area (Å²) in [4.78, 5) is 13.5. The van der Waals surface area contributed by atoms with E-state index in [1.54, 1.807) is 28.8 Å². The topological polar surface area (TPSA) is 61.0 Å². The highest BCUT2D eigenvalue weighted by molar-refractivity contribution is 5.37. The molecule has 0 aliphatic heterocycles. The normalized spacial score (nSPS) is 10.2. The lowest BCUT2D eigenvalue weighted by Gasteiger charge is -1.99. The fraction of sp³-hybridized carbons (Fsp3) is 0. The van der Waals surface area contributed by atoms with Gasteiger partial charge in [-0.05, 0) is 34.5 Å². The van der Waals surface area contributed by atoms with Gasteiger partial charge in [0.1, 0.15) is 6.20 Å². The van der Waals surface area contributed by atoms with E-state index < -0.39 is 4.92 Å². The van der Waals surface area contributed by atoms with Crippen molar-refractivity contribution in [1.82, 2.24) is 9.55 Å². The third-order valence-electron chi connectivity index (χ3n) is 1.95. The van der Waals surface area contributed by atoms with Crippen LogP contribution in [0.3, 0.4) is 0 Å². The largest absolute Gasteiger partial charge is 0.381 e. The monoisotopic (exact) mass is 201 g/mol. The molecule has 0 unspecified atom stereocenters. The second-order valence-electron chi connectivity index (χ2n) is 2.99. The van der Waals surface area contributed by atoms with E-state index in [1.165, 1.54) is 12.5 Å². The van der Waals surface area contributed by atoms with E-state index in [1.807, 2.05) is 0 Å². The van der Waals surface area contributed by atoms with Crippen LogP contribution in [-0.4, -0.2) is 14.5 Å². The maximum atomic E-state index is 10.4. The van der Waals surface area contributed by atoms with Crippen LogP contribution in [0.1, 0.15) is 5.56 Å². The van der Waals surface area contributed by atoms with Crippen molar-refractivity contribution < 1.29 is 4.92 Å². The predicted octanol–water partition coefficient (Wildman–Crippen LogP) is 1.84. The summed E-state index contributed by atoms with van der Waals surface area (Å²) < 4.78 is 1.57.